The number of hydrogen-bond donors (Lipinski definition) is 1. The van der Waals surface area contributed by atoms with Crippen molar-refractivity contribution in [3.63, 3.8) is 0 Å². The van der Waals surface area contributed by atoms with E-state index in [0.717, 1.165) is 6.07 Å². The number of fused-ring (bicyclic) bond motifs is 2. The molecule has 4 rings (SSSR count). The second-order valence-corrected chi connectivity index (χ2v) is 9.42. The van der Waals surface area contributed by atoms with Gasteiger partial charge in [-0.1, -0.05) is 19.9 Å². The van der Waals surface area contributed by atoms with Crippen LogP contribution in [0.15, 0.2) is 41.3 Å². The smallest absolute Gasteiger partial charge is 0.231 e. The van der Waals surface area contributed by atoms with E-state index >= 15 is 0 Å². The Morgan fingerprint density at radius 2 is 1.85 bits per heavy atom. The van der Waals surface area contributed by atoms with Crippen LogP contribution in [0.25, 0.3) is 0 Å². The van der Waals surface area contributed by atoms with Crippen LogP contribution in [0.3, 0.4) is 0 Å². The minimum absolute atomic E-state index is 0.0613. The molecule has 2 aliphatic heterocycles. The molecule has 26 heavy (non-hydrogen) atoms. The number of benzene rings is 2. The average molecular weight is 378 g/mol. The topological polar surface area (TPSA) is 72.8 Å². The molecule has 0 fully saturated rings. The standard InChI is InChI=1S/C19H19FO5S/c1-19(2)9-26(22,23)16-6-4-12(20)8-13(16)17(18(19)21)11-3-5-14-15(7-11)25-10-24-14/h3-8,17-18,21H,9-10H2,1-2H3/t17-,18-/m1/s1. The van der Waals surface area contributed by atoms with Gasteiger partial charge in [-0.15, -0.1) is 0 Å². The van der Waals surface area contributed by atoms with Crippen molar-refractivity contribution in [2.75, 3.05) is 12.5 Å². The summed E-state index contributed by atoms with van der Waals surface area (Å²) in [4.78, 5) is 0.0613. The third-order valence-corrected chi connectivity index (χ3v) is 7.24. The molecule has 2 aromatic carbocycles. The fourth-order valence-corrected chi connectivity index (χ4v) is 5.91. The predicted molar refractivity (Wildman–Crippen MR) is 92.6 cm³/mol. The number of ether oxygens (including phenoxy) is 2. The lowest BCUT2D eigenvalue weighted by atomic mass is 9.75. The van der Waals surface area contributed by atoms with Gasteiger partial charge in [-0.3, -0.25) is 0 Å². The number of halogens is 1. The summed E-state index contributed by atoms with van der Waals surface area (Å²) in [5.74, 6) is -0.360. The second kappa shape index (κ2) is 5.69. The maximum absolute atomic E-state index is 14.0. The summed E-state index contributed by atoms with van der Waals surface area (Å²) in [5.41, 5.74) is -0.00393. The van der Waals surface area contributed by atoms with Crippen LogP contribution in [-0.4, -0.2) is 32.2 Å². The van der Waals surface area contributed by atoms with E-state index in [1.54, 1.807) is 32.0 Å². The first-order valence-corrected chi connectivity index (χ1v) is 9.94. The maximum atomic E-state index is 14.0. The van der Waals surface area contributed by atoms with Crippen molar-refractivity contribution in [3.05, 3.63) is 53.3 Å². The molecule has 138 valence electrons. The molecule has 0 radical (unpaired) electrons. The summed E-state index contributed by atoms with van der Waals surface area (Å²) >= 11 is 0. The number of hydrogen-bond acceptors (Lipinski definition) is 5. The summed E-state index contributed by atoms with van der Waals surface area (Å²) in [6, 6.07) is 8.82. The van der Waals surface area contributed by atoms with E-state index in [1.165, 1.54) is 12.1 Å². The Kier molecular flexibility index (Phi) is 3.79. The molecule has 0 saturated heterocycles. The van der Waals surface area contributed by atoms with Crippen molar-refractivity contribution in [2.45, 2.75) is 30.8 Å². The van der Waals surface area contributed by atoms with Gasteiger partial charge >= 0.3 is 0 Å². The molecule has 0 bridgehead atoms. The van der Waals surface area contributed by atoms with E-state index in [1.807, 2.05) is 0 Å². The molecule has 0 spiro atoms. The van der Waals surface area contributed by atoms with E-state index < -0.39 is 33.1 Å². The molecule has 0 saturated carbocycles. The molecule has 5 nitrogen and oxygen atoms in total. The minimum Gasteiger partial charge on any atom is -0.454 e. The summed E-state index contributed by atoms with van der Waals surface area (Å²) in [7, 11) is -3.67. The van der Waals surface area contributed by atoms with Gasteiger partial charge in [0, 0.05) is 11.3 Å². The summed E-state index contributed by atoms with van der Waals surface area (Å²) < 4.78 is 50.4. The number of aliphatic hydroxyl groups is 1. The lowest BCUT2D eigenvalue weighted by Gasteiger charge is -2.33. The highest BCUT2D eigenvalue weighted by molar-refractivity contribution is 7.91. The zero-order valence-electron chi connectivity index (χ0n) is 14.4. The largest absolute Gasteiger partial charge is 0.454 e. The number of sulfone groups is 1. The summed E-state index contributed by atoms with van der Waals surface area (Å²) in [6.45, 7) is 3.52. The van der Waals surface area contributed by atoms with E-state index in [-0.39, 0.29) is 23.0 Å². The molecular weight excluding hydrogens is 359 g/mol. The third kappa shape index (κ3) is 2.66. The van der Waals surface area contributed by atoms with Gasteiger partial charge in [0.25, 0.3) is 0 Å². The SMILES string of the molecule is CC1(C)CS(=O)(=O)c2ccc(F)cc2[C@@H](c2ccc3c(c2)OCO3)[C@H]1O. The van der Waals surface area contributed by atoms with Gasteiger partial charge in [0.1, 0.15) is 5.82 Å². The molecule has 2 atom stereocenters. The van der Waals surface area contributed by atoms with Crippen LogP contribution in [0, 0.1) is 11.2 Å². The number of aliphatic hydroxyl groups excluding tert-OH is 1. The first-order chi connectivity index (χ1) is 12.2. The molecule has 2 aliphatic rings. The fourth-order valence-electron chi connectivity index (χ4n) is 3.79. The highest BCUT2D eigenvalue weighted by Gasteiger charge is 2.45. The lowest BCUT2D eigenvalue weighted by Crippen LogP contribution is -2.38. The van der Waals surface area contributed by atoms with E-state index in [2.05, 4.69) is 0 Å². The first kappa shape index (κ1) is 17.3. The van der Waals surface area contributed by atoms with E-state index in [0.29, 0.717) is 17.1 Å². The molecule has 1 N–H and O–H groups in total. The van der Waals surface area contributed by atoms with Crippen LogP contribution in [0.1, 0.15) is 30.9 Å². The van der Waals surface area contributed by atoms with E-state index in [9.17, 15) is 17.9 Å². The monoisotopic (exact) mass is 378 g/mol. The normalized spacial score (nSPS) is 25.4. The molecule has 2 heterocycles. The van der Waals surface area contributed by atoms with Crippen molar-refractivity contribution in [2.24, 2.45) is 5.41 Å². The van der Waals surface area contributed by atoms with Crippen LogP contribution in [0.5, 0.6) is 11.5 Å². The second-order valence-electron chi connectivity index (χ2n) is 7.47. The number of rotatable bonds is 1. The summed E-state index contributed by atoms with van der Waals surface area (Å²) in [6.07, 6.45) is -1.03. The van der Waals surface area contributed by atoms with Crippen LogP contribution in [-0.2, 0) is 9.84 Å². The average Bonchev–Trinajstić information content (AvgIpc) is 2.99. The fraction of sp³-hybridized carbons (Fsp3) is 0.368. The van der Waals surface area contributed by atoms with Crippen LogP contribution in [0.4, 0.5) is 4.39 Å². The van der Waals surface area contributed by atoms with Gasteiger partial charge in [0.2, 0.25) is 6.79 Å². The van der Waals surface area contributed by atoms with Gasteiger partial charge in [-0.05, 0) is 41.5 Å². The minimum atomic E-state index is -3.67. The van der Waals surface area contributed by atoms with Gasteiger partial charge in [0.05, 0.1) is 16.8 Å². The zero-order chi connectivity index (χ0) is 18.7. The van der Waals surface area contributed by atoms with Crippen molar-refractivity contribution < 1.29 is 27.4 Å². The Labute approximate surface area is 151 Å². The molecule has 0 aliphatic carbocycles. The van der Waals surface area contributed by atoms with Crippen LogP contribution in [0.2, 0.25) is 0 Å². The highest BCUT2D eigenvalue weighted by atomic mass is 32.2. The van der Waals surface area contributed by atoms with E-state index in [4.69, 9.17) is 9.47 Å². The third-order valence-electron chi connectivity index (χ3n) is 5.08. The highest BCUT2D eigenvalue weighted by Crippen LogP contribution is 2.46. The Morgan fingerprint density at radius 3 is 2.62 bits per heavy atom. The van der Waals surface area contributed by atoms with Gasteiger partial charge in [-0.2, -0.15) is 0 Å². The molecule has 7 heteroatoms. The van der Waals surface area contributed by atoms with Crippen LogP contribution >= 0.6 is 0 Å². The van der Waals surface area contributed by atoms with Crippen molar-refractivity contribution >= 4 is 9.84 Å². The Bertz CT molecular complexity index is 983. The van der Waals surface area contributed by atoms with Gasteiger partial charge < -0.3 is 14.6 Å². The Hall–Kier alpha value is -2.12. The molecule has 2 aromatic rings. The van der Waals surface area contributed by atoms with Crippen LogP contribution < -0.4 is 9.47 Å². The first-order valence-electron chi connectivity index (χ1n) is 8.29. The predicted octanol–water partition coefficient (Wildman–Crippen LogP) is 2.86. The van der Waals surface area contributed by atoms with Crippen molar-refractivity contribution in [1.29, 1.82) is 0 Å². The summed E-state index contributed by atoms with van der Waals surface area (Å²) in [5, 5.41) is 11.1. The Balaban J connectivity index is 1.97. The Morgan fingerprint density at radius 1 is 1.12 bits per heavy atom. The zero-order valence-corrected chi connectivity index (χ0v) is 15.2. The molecule has 0 unspecified atom stereocenters. The van der Waals surface area contributed by atoms with Gasteiger partial charge in [-0.25, -0.2) is 12.8 Å². The molecule has 0 aromatic heterocycles. The quantitative estimate of drug-likeness (QED) is 0.773. The molecule has 0 amide bonds. The molecular formula is C19H19FO5S. The van der Waals surface area contributed by atoms with Gasteiger partial charge in [0.15, 0.2) is 21.3 Å². The van der Waals surface area contributed by atoms with Crippen molar-refractivity contribution in [1.82, 2.24) is 0 Å². The lowest BCUT2D eigenvalue weighted by molar-refractivity contribution is 0.0520. The maximum Gasteiger partial charge on any atom is 0.231 e. The van der Waals surface area contributed by atoms with Crippen molar-refractivity contribution in [3.8, 4) is 11.5 Å².